The molecule has 5 aromatic carbocycles. The maximum atomic E-state index is 11.2. The fourth-order valence-corrected chi connectivity index (χ4v) is 4.02. The van der Waals surface area contributed by atoms with Crippen LogP contribution in [0.3, 0.4) is 0 Å². The first kappa shape index (κ1) is 20.5. The first-order valence-corrected chi connectivity index (χ1v) is 11.0. The summed E-state index contributed by atoms with van der Waals surface area (Å²) in [5, 5.41) is 0. The molecule has 0 aromatic heterocycles. The summed E-state index contributed by atoms with van der Waals surface area (Å²) in [6.45, 7) is 0. The maximum absolute atomic E-state index is 11.2. The lowest BCUT2D eigenvalue weighted by atomic mass is 10.0. The molecule has 0 heterocycles. The van der Waals surface area contributed by atoms with E-state index >= 15 is 0 Å². The fourth-order valence-electron chi connectivity index (χ4n) is 4.02. The lowest BCUT2D eigenvalue weighted by molar-refractivity contribution is 0.112. The van der Waals surface area contributed by atoms with Crippen LogP contribution >= 0.6 is 0 Å². The number of benzene rings is 5. The van der Waals surface area contributed by atoms with E-state index in [2.05, 4.69) is 102 Å². The second-order valence-corrected chi connectivity index (χ2v) is 7.87. The van der Waals surface area contributed by atoms with E-state index in [0.717, 1.165) is 23.3 Å². The van der Waals surface area contributed by atoms with Gasteiger partial charge in [-0.05, 0) is 70.8 Å². The summed E-state index contributed by atoms with van der Waals surface area (Å²) in [6, 6.07) is 45.6. The second kappa shape index (κ2) is 9.37. The lowest BCUT2D eigenvalue weighted by Crippen LogP contribution is -2.09. The van der Waals surface area contributed by atoms with E-state index in [1.165, 1.54) is 22.3 Å². The zero-order valence-electron chi connectivity index (χ0n) is 18.1. The molecule has 5 rings (SSSR count). The third-order valence-electron chi connectivity index (χ3n) is 5.75. The summed E-state index contributed by atoms with van der Waals surface area (Å²) in [7, 11) is 0. The van der Waals surface area contributed by atoms with Gasteiger partial charge in [0.25, 0.3) is 0 Å². The van der Waals surface area contributed by atoms with E-state index in [4.69, 9.17) is 0 Å². The predicted molar refractivity (Wildman–Crippen MR) is 137 cm³/mol. The van der Waals surface area contributed by atoms with Crippen molar-refractivity contribution in [3.8, 4) is 22.3 Å². The summed E-state index contributed by atoms with van der Waals surface area (Å²) in [6.07, 6.45) is 0.872. The van der Waals surface area contributed by atoms with Gasteiger partial charge in [0.2, 0.25) is 0 Å². The van der Waals surface area contributed by atoms with Gasteiger partial charge in [-0.15, -0.1) is 0 Å². The van der Waals surface area contributed by atoms with Gasteiger partial charge in [-0.1, -0.05) is 84.9 Å². The number of aldehydes is 1. The molecule has 2 nitrogen and oxygen atoms in total. The number of anilines is 3. The largest absolute Gasteiger partial charge is 0.311 e. The van der Waals surface area contributed by atoms with Crippen LogP contribution in [0.5, 0.6) is 0 Å². The molecule has 0 fully saturated rings. The summed E-state index contributed by atoms with van der Waals surface area (Å²) >= 11 is 0. The molecule has 0 amide bonds. The third kappa shape index (κ3) is 4.46. The van der Waals surface area contributed by atoms with Crippen LogP contribution in [0.4, 0.5) is 17.1 Å². The van der Waals surface area contributed by atoms with Gasteiger partial charge in [0.15, 0.2) is 0 Å². The molecule has 0 spiro atoms. The first-order valence-electron chi connectivity index (χ1n) is 11.0. The number of carbonyl (C=O) groups is 1. The lowest BCUT2D eigenvalue weighted by Gasteiger charge is -2.26. The van der Waals surface area contributed by atoms with E-state index in [0.29, 0.717) is 5.56 Å². The number of hydrogen-bond donors (Lipinski definition) is 0. The molecule has 5 aromatic rings. The molecule has 0 atom stereocenters. The van der Waals surface area contributed by atoms with Crippen LogP contribution in [0.2, 0.25) is 0 Å². The summed E-state index contributed by atoms with van der Waals surface area (Å²) in [5.74, 6) is 0. The van der Waals surface area contributed by atoms with Crippen molar-refractivity contribution in [2.24, 2.45) is 0 Å². The second-order valence-electron chi connectivity index (χ2n) is 7.87. The minimum Gasteiger partial charge on any atom is -0.311 e. The van der Waals surface area contributed by atoms with Gasteiger partial charge in [0.1, 0.15) is 6.29 Å². The zero-order valence-corrected chi connectivity index (χ0v) is 18.1. The Kier molecular flexibility index (Phi) is 5.81. The molecule has 0 saturated heterocycles. The Morgan fingerprint density at radius 1 is 0.394 bits per heavy atom. The average Bonchev–Trinajstić information content (AvgIpc) is 2.91. The Morgan fingerprint density at radius 2 is 0.727 bits per heavy atom. The van der Waals surface area contributed by atoms with E-state index in [9.17, 15) is 4.79 Å². The Bertz CT molecular complexity index is 1240. The van der Waals surface area contributed by atoms with E-state index in [1.54, 1.807) is 0 Å². The molecular formula is C31H23NO. The maximum Gasteiger partial charge on any atom is 0.150 e. The molecule has 158 valence electrons. The molecule has 2 heteroatoms. The van der Waals surface area contributed by atoms with Crippen LogP contribution in [0.25, 0.3) is 22.3 Å². The third-order valence-corrected chi connectivity index (χ3v) is 5.75. The van der Waals surface area contributed by atoms with E-state index < -0.39 is 0 Å². The van der Waals surface area contributed by atoms with Crippen molar-refractivity contribution in [2.45, 2.75) is 0 Å². The van der Waals surface area contributed by atoms with E-state index in [1.807, 2.05) is 36.4 Å². The van der Waals surface area contributed by atoms with Crippen molar-refractivity contribution >= 4 is 23.3 Å². The van der Waals surface area contributed by atoms with Crippen LogP contribution in [-0.2, 0) is 0 Å². The van der Waals surface area contributed by atoms with Gasteiger partial charge in [-0.2, -0.15) is 0 Å². The van der Waals surface area contributed by atoms with Crippen molar-refractivity contribution in [3.05, 3.63) is 139 Å². The molecular weight excluding hydrogens is 402 g/mol. The Morgan fingerprint density at radius 3 is 1.09 bits per heavy atom. The fraction of sp³-hybridized carbons (Fsp3) is 0. The van der Waals surface area contributed by atoms with Crippen LogP contribution in [0.1, 0.15) is 10.4 Å². The SMILES string of the molecule is O=Cc1ccc(N(c2ccc(-c3ccccc3)cc2)c2ccc(-c3ccccc3)cc2)cc1. The topological polar surface area (TPSA) is 20.3 Å². The summed E-state index contributed by atoms with van der Waals surface area (Å²) < 4.78 is 0. The van der Waals surface area contributed by atoms with Crippen LogP contribution in [0, 0.1) is 0 Å². The van der Waals surface area contributed by atoms with E-state index in [-0.39, 0.29) is 0 Å². The number of rotatable bonds is 6. The number of hydrogen-bond acceptors (Lipinski definition) is 2. The Hall–Kier alpha value is -4.43. The smallest absolute Gasteiger partial charge is 0.150 e. The Labute approximate surface area is 194 Å². The normalized spacial score (nSPS) is 10.5. The number of carbonyl (C=O) groups excluding carboxylic acids is 1. The molecule has 0 aliphatic rings. The van der Waals surface area contributed by atoms with Gasteiger partial charge in [0, 0.05) is 22.6 Å². The van der Waals surface area contributed by atoms with Gasteiger partial charge >= 0.3 is 0 Å². The van der Waals surface area contributed by atoms with Gasteiger partial charge < -0.3 is 4.90 Å². The number of nitrogens with zero attached hydrogens (tertiary/aromatic N) is 1. The molecule has 33 heavy (non-hydrogen) atoms. The average molecular weight is 426 g/mol. The quantitative estimate of drug-likeness (QED) is 0.255. The first-order chi connectivity index (χ1) is 16.3. The summed E-state index contributed by atoms with van der Waals surface area (Å²) in [5.41, 5.74) is 8.52. The Balaban J connectivity index is 1.54. The van der Waals surface area contributed by atoms with Gasteiger partial charge in [-0.3, -0.25) is 4.79 Å². The molecule has 0 bridgehead atoms. The highest BCUT2D eigenvalue weighted by molar-refractivity contribution is 5.82. The van der Waals surface area contributed by atoms with Crippen LogP contribution in [0.15, 0.2) is 133 Å². The van der Waals surface area contributed by atoms with Gasteiger partial charge in [-0.25, -0.2) is 0 Å². The molecule has 0 aliphatic heterocycles. The molecule has 0 aliphatic carbocycles. The molecule has 0 N–H and O–H groups in total. The predicted octanol–water partition coefficient (Wildman–Crippen LogP) is 8.30. The zero-order chi connectivity index (χ0) is 22.5. The summed E-state index contributed by atoms with van der Waals surface area (Å²) in [4.78, 5) is 13.4. The minimum absolute atomic E-state index is 0.664. The minimum atomic E-state index is 0.664. The van der Waals surface area contributed by atoms with Crippen molar-refractivity contribution in [1.82, 2.24) is 0 Å². The van der Waals surface area contributed by atoms with Crippen LogP contribution < -0.4 is 4.90 Å². The standard InChI is InChI=1S/C31H23NO/c33-23-24-11-17-29(18-12-24)32(30-19-13-27(14-20-30)25-7-3-1-4-8-25)31-21-15-28(16-22-31)26-9-5-2-6-10-26/h1-23H. The highest BCUT2D eigenvalue weighted by Crippen LogP contribution is 2.36. The van der Waals surface area contributed by atoms with Crippen molar-refractivity contribution < 1.29 is 4.79 Å². The molecule has 0 radical (unpaired) electrons. The highest BCUT2D eigenvalue weighted by atomic mass is 16.1. The van der Waals surface area contributed by atoms with Crippen molar-refractivity contribution in [2.75, 3.05) is 4.90 Å². The monoisotopic (exact) mass is 425 g/mol. The molecule has 0 saturated carbocycles. The van der Waals surface area contributed by atoms with Gasteiger partial charge in [0.05, 0.1) is 0 Å². The van der Waals surface area contributed by atoms with Crippen molar-refractivity contribution in [1.29, 1.82) is 0 Å². The molecule has 0 unspecified atom stereocenters. The van der Waals surface area contributed by atoms with Crippen molar-refractivity contribution in [3.63, 3.8) is 0 Å². The van der Waals surface area contributed by atoms with Crippen LogP contribution in [-0.4, -0.2) is 6.29 Å². The highest BCUT2D eigenvalue weighted by Gasteiger charge is 2.13.